The first-order chi connectivity index (χ1) is 6.91. The molecule has 0 bridgehead atoms. The molecule has 3 heteroatoms. The molecule has 0 unspecified atom stereocenters. The molecule has 0 aliphatic carbocycles. The molecule has 0 rings (SSSR count). The summed E-state index contributed by atoms with van der Waals surface area (Å²) in [4.78, 5) is 0. The van der Waals surface area contributed by atoms with Gasteiger partial charge in [-0.2, -0.15) is 0 Å². The van der Waals surface area contributed by atoms with E-state index in [4.69, 9.17) is 9.47 Å². The molecule has 0 N–H and O–H groups in total. The van der Waals surface area contributed by atoms with Crippen molar-refractivity contribution in [2.24, 2.45) is 0 Å². The Kier molecular flexibility index (Phi) is 14.3. The van der Waals surface area contributed by atoms with Gasteiger partial charge in [-0.1, -0.05) is 55.2 Å². The van der Waals surface area contributed by atoms with Crippen LogP contribution in [0, 0.1) is 0 Å². The van der Waals surface area contributed by atoms with Gasteiger partial charge < -0.3 is 9.47 Å². The second-order valence-electron chi connectivity index (χ2n) is 3.33. The van der Waals surface area contributed by atoms with E-state index < -0.39 is 0 Å². The van der Waals surface area contributed by atoms with Gasteiger partial charge in [0, 0.05) is 11.0 Å². The van der Waals surface area contributed by atoms with Crippen LogP contribution in [0.15, 0.2) is 0 Å². The van der Waals surface area contributed by atoms with Gasteiger partial charge in [-0.15, -0.1) is 0 Å². The lowest BCUT2D eigenvalue weighted by molar-refractivity contribution is 0.0527. The third-order valence-corrected chi connectivity index (χ3v) is 2.43. The van der Waals surface area contributed by atoms with E-state index in [1.54, 1.807) is 0 Å². The second-order valence-corrected chi connectivity index (χ2v) is 4.41. The van der Waals surface area contributed by atoms with E-state index in [-0.39, 0.29) is 0 Å². The first-order valence-electron chi connectivity index (χ1n) is 5.63. The number of hydrogen-bond donors (Lipinski definition) is 0. The molecule has 0 amide bonds. The van der Waals surface area contributed by atoms with Crippen LogP contribution in [0.4, 0.5) is 0 Å². The van der Waals surface area contributed by atoms with Gasteiger partial charge in [-0.05, 0) is 6.42 Å². The molecule has 0 saturated heterocycles. The van der Waals surface area contributed by atoms with Crippen LogP contribution in [0.25, 0.3) is 0 Å². The summed E-state index contributed by atoms with van der Waals surface area (Å²) in [5.41, 5.74) is 0. The Bertz CT molecular complexity index is 87.3. The SMILES string of the molecule is CCCCCCCOCCOCCI. The van der Waals surface area contributed by atoms with Crippen molar-refractivity contribution in [3.05, 3.63) is 0 Å². The summed E-state index contributed by atoms with van der Waals surface area (Å²) in [6.45, 7) is 5.49. The quantitative estimate of drug-likeness (QED) is 0.330. The van der Waals surface area contributed by atoms with Crippen molar-refractivity contribution in [1.29, 1.82) is 0 Å². The molecule has 0 aliphatic heterocycles. The lowest BCUT2D eigenvalue weighted by atomic mass is 10.2. The average molecular weight is 314 g/mol. The van der Waals surface area contributed by atoms with Gasteiger partial charge in [0.25, 0.3) is 0 Å². The Morgan fingerprint density at radius 2 is 1.43 bits per heavy atom. The molecule has 0 radical (unpaired) electrons. The highest BCUT2D eigenvalue weighted by molar-refractivity contribution is 14.1. The lowest BCUT2D eigenvalue weighted by Crippen LogP contribution is -2.06. The zero-order valence-electron chi connectivity index (χ0n) is 9.27. The second kappa shape index (κ2) is 13.7. The molecule has 0 heterocycles. The molecule has 0 aromatic heterocycles. The largest absolute Gasteiger partial charge is 0.379 e. The number of rotatable bonds is 11. The molecule has 0 saturated carbocycles. The minimum absolute atomic E-state index is 0.748. The van der Waals surface area contributed by atoms with Crippen molar-refractivity contribution in [2.75, 3.05) is 30.9 Å². The van der Waals surface area contributed by atoms with Crippen molar-refractivity contribution in [3.63, 3.8) is 0 Å². The van der Waals surface area contributed by atoms with Gasteiger partial charge in [0.1, 0.15) is 0 Å². The standard InChI is InChI=1S/C11H23IO2/c1-2-3-4-5-6-8-13-10-11-14-9-7-12/h2-11H2,1H3. The van der Waals surface area contributed by atoms with Crippen LogP contribution in [0.1, 0.15) is 39.0 Å². The summed E-state index contributed by atoms with van der Waals surface area (Å²) < 4.78 is 11.8. The van der Waals surface area contributed by atoms with Crippen LogP contribution < -0.4 is 0 Å². The van der Waals surface area contributed by atoms with Gasteiger partial charge in [0.15, 0.2) is 0 Å². The summed E-state index contributed by atoms with van der Waals surface area (Å²) >= 11 is 2.31. The summed E-state index contributed by atoms with van der Waals surface area (Å²) in [5.74, 6) is 0. The molecule has 14 heavy (non-hydrogen) atoms. The fourth-order valence-corrected chi connectivity index (χ4v) is 1.50. The highest BCUT2D eigenvalue weighted by Gasteiger charge is 1.90. The van der Waals surface area contributed by atoms with Gasteiger partial charge in [0.05, 0.1) is 19.8 Å². The topological polar surface area (TPSA) is 18.5 Å². The van der Waals surface area contributed by atoms with E-state index in [0.29, 0.717) is 0 Å². The molecular formula is C11H23IO2. The van der Waals surface area contributed by atoms with Crippen LogP contribution in [-0.4, -0.2) is 30.9 Å². The average Bonchev–Trinajstić information content (AvgIpc) is 2.21. The Balaban J connectivity index is 2.78. The highest BCUT2D eigenvalue weighted by atomic mass is 127. The van der Waals surface area contributed by atoms with Crippen LogP contribution >= 0.6 is 22.6 Å². The Morgan fingerprint density at radius 1 is 0.786 bits per heavy atom. The van der Waals surface area contributed by atoms with Crippen LogP contribution in [0.5, 0.6) is 0 Å². The first-order valence-corrected chi connectivity index (χ1v) is 7.15. The van der Waals surface area contributed by atoms with E-state index in [2.05, 4.69) is 29.5 Å². The van der Waals surface area contributed by atoms with Crippen LogP contribution in [-0.2, 0) is 9.47 Å². The van der Waals surface area contributed by atoms with Crippen molar-refractivity contribution >= 4 is 22.6 Å². The van der Waals surface area contributed by atoms with E-state index in [1.165, 1.54) is 32.1 Å². The van der Waals surface area contributed by atoms with E-state index in [1.807, 2.05) is 0 Å². The fourth-order valence-electron chi connectivity index (χ4n) is 1.18. The summed E-state index contributed by atoms with van der Waals surface area (Å²) in [5, 5.41) is 0. The number of ether oxygens (including phenoxy) is 2. The lowest BCUT2D eigenvalue weighted by Gasteiger charge is -2.04. The molecule has 0 aromatic rings. The normalized spacial score (nSPS) is 10.7. The predicted octanol–water partition coefficient (Wildman–Crippen LogP) is 3.43. The smallest absolute Gasteiger partial charge is 0.0700 e. The monoisotopic (exact) mass is 314 g/mol. The van der Waals surface area contributed by atoms with Gasteiger partial charge in [-0.25, -0.2) is 0 Å². The number of alkyl halides is 1. The van der Waals surface area contributed by atoms with Gasteiger partial charge >= 0.3 is 0 Å². The maximum Gasteiger partial charge on any atom is 0.0700 e. The molecule has 0 spiro atoms. The van der Waals surface area contributed by atoms with Crippen LogP contribution in [0.3, 0.4) is 0 Å². The van der Waals surface area contributed by atoms with E-state index in [9.17, 15) is 0 Å². The summed E-state index contributed by atoms with van der Waals surface area (Å²) in [6.07, 6.45) is 6.53. The van der Waals surface area contributed by atoms with Gasteiger partial charge in [-0.3, -0.25) is 0 Å². The third-order valence-electron chi connectivity index (χ3n) is 1.99. The maximum absolute atomic E-state index is 5.43. The van der Waals surface area contributed by atoms with Crippen molar-refractivity contribution in [2.45, 2.75) is 39.0 Å². The molecular weight excluding hydrogens is 291 g/mol. The summed E-state index contributed by atoms with van der Waals surface area (Å²) in [6, 6.07) is 0. The Morgan fingerprint density at radius 3 is 2.07 bits per heavy atom. The minimum Gasteiger partial charge on any atom is -0.379 e. The molecule has 86 valence electrons. The maximum atomic E-state index is 5.43. The fraction of sp³-hybridized carbons (Fsp3) is 1.00. The van der Waals surface area contributed by atoms with E-state index >= 15 is 0 Å². The predicted molar refractivity (Wildman–Crippen MR) is 69.3 cm³/mol. The Hall–Kier alpha value is 0.650. The first kappa shape index (κ1) is 14.6. The molecule has 0 aromatic carbocycles. The zero-order valence-corrected chi connectivity index (χ0v) is 11.4. The van der Waals surface area contributed by atoms with Crippen molar-refractivity contribution < 1.29 is 9.47 Å². The number of unbranched alkanes of at least 4 members (excludes halogenated alkanes) is 4. The van der Waals surface area contributed by atoms with Crippen molar-refractivity contribution in [3.8, 4) is 0 Å². The zero-order chi connectivity index (χ0) is 10.5. The van der Waals surface area contributed by atoms with Crippen LogP contribution in [0.2, 0.25) is 0 Å². The highest BCUT2D eigenvalue weighted by Crippen LogP contribution is 2.02. The molecule has 0 fully saturated rings. The van der Waals surface area contributed by atoms with Gasteiger partial charge in [0.2, 0.25) is 0 Å². The molecule has 0 aliphatic rings. The van der Waals surface area contributed by atoms with Crippen molar-refractivity contribution in [1.82, 2.24) is 0 Å². The number of halogens is 1. The number of hydrogen-bond acceptors (Lipinski definition) is 2. The molecule has 2 nitrogen and oxygen atoms in total. The van der Waals surface area contributed by atoms with E-state index in [0.717, 1.165) is 30.9 Å². The molecule has 0 atom stereocenters. The third kappa shape index (κ3) is 12.7. The minimum atomic E-state index is 0.748. The summed E-state index contributed by atoms with van der Waals surface area (Å²) in [7, 11) is 0. The Labute approximate surface area is 102 Å².